The highest BCUT2D eigenvalue weighted by Gasteiger charge is 2.34. The average molecular weight is 249 g/mol. The van der Waals surface area contributed by atoms with E-state index in [1.54, 1.807) is 6.92 Å². The van der Waals surface area contributed by atoms with Crippen LogP contribution in [0.2, 0.25) is 0 Å². The van der Waals surface area contributed by atoms with Crippen molar-refractivity contribution >= 4 is 5.97 Å². The molecule has 1 aromatic rings. The molecule has 1 heterocycles. The molecule has 0 bridgehead atoms. The normalized spacial score (nSPS) is 11.1. The molecule has 0 radical (unpaired) electrons. The number of alkyl halides is 3. The van der Waals surface area contributed by atoms with Crippen LogP contribution in [-0.4, -0.2) is 24.7 Å². The summed E-state index contributed by atoms with van der Waals surface area (Å²) in [6.07, 6.45) is -4.64. The Hall–Kier alpha value is -1.79. The number of hydrogen-bond donors (Lipinski definition) is 0. The summed E-state index contributed by atoms with van der Waals surface area (Å²) in [5.74, 6) is -1.14. The number of carbonyl (C=O) groups is 1. The van der Waals surface area contributed by atoms with Crippen LogP contribution in [0.4, 0.5) is 13.2 Å². The SMILES string of the molecule is CCOC(=O)c1cc(OC)nc(C(F)(F)F)c1. The summed E-state index contributed by atoms with van der Waals surface area (Å²) in [7, 11) is 1.16. The molecule has 0 saturated heterocycles. The average Bonchev–Trinajstić information content (AvgIpc) is 2.27. The van der Waals surface area contributed by atoms with Crippen molar-refractivity contribution in [3.8, 4) is 5.88 Å². The van der Waals surface area contributed by atoms with E-state index in [1.165, 1.54) is 0 Å². The molecule has 0 atom stereocenters. The van der Waals surface area contributed by atoms with Crippen LogP contribution in [0.1, 0.15) is 23.0 Å². The van der Waals surface area contributed by atoms with Gasteiger partial charge in [0, 0.05) is 6.07 Å². The maximum absolute atomic E-state index is 12.5. The minimum Gasteiger partial charge on any atom is -0.481 e. The van der Waals surface area contributed by atoms with Gasteiger partial charge in [0.25, 0.3) is 0 Å². The number of halogens is 3. The number of nitrogens with zero attached hydrogens (tertiary/aromatic N) is 1. The molecule has 1 rings (SSSR count). The van der Waals surface area contributed by atoms with E-state index in [2.05, 4.69) is 14.5 Å². The van der Waals surface area contributed by atoms with Crippen molar-refractivity contribution in [1.29, 1.82) is 0 Å². The predicted octanol–water partition coefficient (Wildman–Crippen LogP) is 2.29. The summed E-state index contributed by atoms with van der Waals surface area (Å²) in [5, 5.41) is 0. The van der Waals surface area contributed by atoms with Crippen LogP contribution < -0.4 is 4.74 Å². The van der Waals surface area contributed by atoms with Gasteiger partial charge in [0.2, 0.25) is 5.88 Å². The molecule has 0 fully saturated rings. The highest BCUT2D eigenvalue weighted by Crippen LogP contribution is 2.30. The summed E-state index contributed by atoms with van der Waals surface area (Å²) in [6.45, 7) is 1.63. The highest BCUT2D eigenvalue weighted by molar-refractivity contribution is 5.89. The van der Waals surface area contributed by atoms with Gasteiger partial charge in [-0.3, -0.25) is 0 Å². The maximum atomic E-state index is 12.5. The second kappa shape index (κ2) is 5.03. The van der Waals surface area contributed by atoms with Crippen LogP contribution in [0.15, 0.2) is 12.1 Å². The Morgan fingerprint density at radius 3 is 2.53 bits per heavy atom. The van der Waals surface area contributed by atoms with Gasteiger partial charge in [-0.05, 0) is 13.0 Å². The van der Waals surface area contributed by atoms with E-state index in [4.69, 9.17) is 0 Å². The predicted molar refractivity (Wildman–Crippen MR) is 51.7 cm³/mol. The Morgan fingerprint density at radius 1 is 1.41 bits per heavy atom. The van der Waals surface area contributed by atoms with Crippen LogP contribution in [0, 0.1) is 0 Å². The molecule has 0 spiro atoms. The van der Waals surface area contributed by atoms with Crippen molar-refractivity contribution in [2.24, 2.45) is 0 Å². The fraction of sp³-hybridized carbons (Fsp3) is 0.400. The molecule has 7 heteroatoms. The molecule has 0 aliphatic heterocycles. The van der Waals surface area contributed by atoms with Crippen LogP contribution >= 0.6 is 0 Å². The van der Waals surface area contributed by atoms with E-state index >= 15 is 0 Å². The zero-order chi connectivity index (χ0) is 13.1. The fourth-order valence-corrected chi connectivity index (χ4v) is 1.09. The summed E-state index contributed by atoms with van der Waals surface area (Å²) < 4.78 is 46.6. The van der Waals surface area contributed by atoms with Gasteiger partial charge in [-0.1, -0.05) is 0 Å². The Balaban J connectivity index is 3.19. The molecular formula is C10H10F3NO3. The quantitative estimate of drug-likeness (QED) is 0.771. The van der Waals surface area contributed by atoms with Crippen molar-refractivity contribution in [3.05, 3.63) is 23.4 Å². The number of esters is 1. The molecule has 0 aliphatic carbocycles. The molecule has 0 unspecified atom stereocenters. The van der Waals surface area contributed by atoms with Gasteiger partial charge in [0.15, 0.2) is 0 Å². The fourth-order valence-electron chi connectivity index (χ4n) is 1.09. The summed E-state index contributed by atoms with van der Waals surface area (Å²) in [6, 6.07) is 1.72. The lowest BCUT2D eigenvalue weighted by Gasteiger charge is -2.09. The van der Waals surface area contributed by atoms with E-state index in [0.717, 1.165) is 13.2 Å². The third kappa shape index (κ3) is 3.33. The maximum Gasteiger partial charge on any atom is 0.433 e. The van der Waals surface area contributed by atoms with Crippen molar-refractivity contribution in [3.63, 3.8) is 0 Å². The molecule has 0 amide bonds. The Kier molecular flexibility index (Phi) is 3.93. The second-order valence-electron chi connectivity index (χ2n) is 3.00. The zero-order valence-electron chi connectivity index (χ0n) is 9.17. The van der Waals surface area contributed by atoms with Gasteiger partial charge >= 0.3 is 12.1 Å². The number of hydrogen-bond acceptors (Lipinski definition) is 4. The van der Waals surface area contributed by atoms with Gasteiger partial charge in [-0.15, -0.1) is 0 Å². The van der Waals surface area contributed by atoms with Crippen molar-refractivity contribution in [2.45, 2.75) is 13.1 Å². The zero-order valence-corrected chi connectivity index (χ0v) is 9.17. The summed E-state index contributed by atoms with van der Waals surface area (Å²) in [5.41, 5.74) is -1.44. The summed E-state index contributed by atoms with van der Waals surface area (Å²) >= 11 is 0. The summed E-state index contributed by atoms with van der Waals surface area (Å²) in [4.78, 5) is 14.5. The van der Waals surface area contributed by atoms with Gasteiger partial charge in [0.05, 0.1) is 19.3 Å². The number of rotatable bonds is 3. The number of pyridine rings is 1. The lowest BCUT2D eigenvalue weighted by molar-refractivity contribution is -0.141. The van der Waals surface area contributed by atoms with Gasteiger partial charge in [-0.2, -0.15) is 13.2 Å². The first-order valence-electron chi connectivity index (χ1n) is 4.69. The number of methoxy groups -OCH3 is 1. The van der Waals surface area contributed by atoms with Gasteiger partial charge in [-0.25, -0.2) is 9.78 Å². The minimum absolute atomic E-state index is 0.0742. The second-order valence-corrected chi connectivity index (χ2v) is 3.00. The molecule has 4 nitrogen and oxygen atoms in total. The monoisotopic (exact) mass is 249 g/mol. The lowest BCUT2D eigenvalue weighted by Crippen LogP contribution is -2.12. The molecule has 94 valence electrons. The van der Waals surface area contributed by atoms with E-state index in [1.807, 2.05) is 0 Å². The molecule has 0 N–H and O–H groups in total. The third-order valence-electron chi connectivity index (χ3n) is 1.81. The van der Waals surface area contributed by atoms with Crippen molar-refractivity contribution in [2.75, 3.05) is 13.7 Å². The standard InChI is InChI=1S/C10H10F3NO3/c1-3-17-9(15)6-4-7(10(11,12)13)14-8(5-6)16-2/h4-5H,3H2,1-2H3. The third-order valence-corrected chi connectivity index (χ3v) is 1.81. The number of aromatic nitrogens is 1. The first-order chi connectivity index (χ1) is 7.88. The first kappa shape index (κ1) is 13.3. The number of carbonyl (C=O) groups excluding carboxylic acids is 1. The van der Waals surface area contributed by atoms with E-state index in [0.29, 0.717) is 6.07 Å². The molecule has 0 aromatic carbocycles. The molecule has 0 aliphatic rings. The highest BCUT2D eigenvalue weighted by atomic mass is 19.4. The van der Waals surface area contributed by atoms with Crippen molar-refractivity contribution in [1.82, 2.24) is 4.98 Å². The molecule has 0 saturated carbocycles. The largest absolute Gasteiger partial charge is 0.481 e. The lowest BCUT2D eigenvalue weighted by atomic mass is 10.2. The van der Waals surface area contributed by atoms with E-state index in [-0.39, 0.29) is 18.1 Å². The molecule has 17 heavy (non-hydrogen) atoms. The van der Waals surface area contributed by atoms with Crippen molar-refractivity contribution < 1.29 is 27.4 Å². The van der Waals surface area contributed by atoms with Gasteiger partial charge in [0.1, 0.15) is 5.69 Å². The minimum atomic E-state index is -4.64. The van der Waals surface area contributed by atoms with Crippen LogP contribution in [0.3, 0.4) is 0 Å². The molecular weight excluding hydrogens is 239 g/mol. The molecule has 1 aromatic heterocycles. The van der Waals surface area contributed by atoms with E-state index < -0.39 is 17.8 Å². The first-order valence-corrected chi connectivity index (χ1v) is 4.69. The Bertz CT molecular complexity index is 418. The Morgan fingerprint density at radius 2 is 2.06 bits per heavy atom. The van der Waals surface area contributed by atoms with Crippen LogP contribution in [0.5, 0.6) is 5.88 Å². The van der Waals surface area contributed by atoms with Crippen LogP contribution in [0.25, 0.3) is 0 Å². The Labute approximate surface area is 95.4 Å². The topological polar surface area (TPSA) is 48.4 Å². The van der Waals surface area contributed by atoms with E-state index in [9.17, 15) is 18.0 Å². The van der Waals surface area contributed by atoms with Gasteiger partial charge < -0.3 is 9.47 Å². The smallest absolute Gasteiger partial charge is 0.433 e. The van der Waals surface area contributed by atoms with Crippen LogP contribution in [-0.2, 0) is 10.9 Å². The number of ether oxygens (including phenoxy) is 2.